The van der Waals surface area contributed by atoms with Crippen LogP contribution in [0.2, 0.25) is 0 Å². The third-order valence-corrected chi connectivity index (χ3v) is 3.49. The van der Waals surface area contributed by atoms with Crippen LogP contribution in [0.5, 0.6) is 5.75 Å². The van der Waals surface area contributed by atoms with E-state index in [1.54, 1.807) is 14.0 Å². The molecule has 0 bridgehead atoms. The lowest BCUT2D eigenvalue weighted by Gasteiger charge is -2.25. The third-order valence-electron chi connectivity index (χ3n) is 3.49. The van der Waals surface area contributed by atoms with E-state index in [9.17, 15) is 4.79 Å². The number of hydrogen-bond acceptors (Lipinski definition) is 3. The van der Waals surface area contributed by atoms with Crippen LogP contribution in [0.15, 0.2) is 18.2 Å². The number of ether oxygens (including phenoxy) is 1. The van der Waals surface area contributed by atoms with Gasteiger partial charge in [0.1, 0.15) is 17.9 Å². The highest BCUT2D eigenvalue weighted by atomic mass is 16.5. The number of carbonyl (C=O) groups excluding carboxylic acids is 1. The van der Waals surface area contributed by atoms with E-state index in [-0.39, 0.29) is 6.61 Å². The van der Waals surface area contributed by atoms with Gasteiger partial charge in [0.15, 0.2) is 0 Å². The van der Waals surface area contributed by atoms with Crippen LogP contribution in [0.1, 0.15) is 37.8 Å². The maximum absolute atomic E-state index is 11.4. The average molecular weight is 264 g/mol. The Morgan fingerprint density at radius 3 is 2.53 bits per heavy atom. The van der Waals surface area contributed by atoms with E-state index in [2.05, 4.69) is 32.2 Å². The van der Waals surface area contributed by atoms with E-state index in [0.29, 0.717) is 5.92 Å². The second kappa shape index (κ2) is 6.06. The Morgan fingerprint density at radius 2 is 2.11 bits per heavy atom. The Morgan fingerprint density at radius 1 is 1.47 bits per heavy atom. The molecule has 0 aromatic heterocycles. The Kier molecular flexibility index (Phi) is 4.95. The summed E-state index contributed by atoms with van der Waals surface area (Å²) < 4.78 is 5.68. The van der Waals surface area contributed by atoms with Gasteiger partial charge >= 0.3 is 0 Å². The van der Waals surface area contributed by atoms with Gasteiger partial charge in [0.25, 0.3) is 0 Å². The maximum atomic E-state index is 11.4. The predicted octanol–water partition coefficient (Wildman–Crippen LogP) is 1.96. The molecule has 19 heavy (non-hydrogen) atoms. The molecule has 1 unspecified atom stereocenters. The summed E-state index contributed by atoms with van der Waals surface area (Å²) in [6, 6.07) is 5.99. The molecular weight excluding hydrogens is 240 g/mol. The van der Waals surface area contributed by atoms with Gasteiger partial charge in [-0.25, -0.2) is 0 Å². The quantitative estimate of drug-likeness (QED) is 0.825. The second-order valence-electron chi connectivity index (χ2n) is 5.41. The highest BCUT2D eigenvalue weighted by Gasteiger charge is 2.30. The molecule has 4 nitrogen and oxygen atoms in total. The normalized spacial score (nSPS) is 14.2. The van der Waals surface area contributed by atoms with Crippen molar-refractivity contribution in [3.63, 3.8) is 0 Å². The molecule has 1 amide bonds. The summed E-state index contributed by atoms with van der Waals surface area (Å²) in [5.41, 5.74) is 7.00. The molecular formula is C15H24N2O2. The molecule has 0 spiro atoms. The Balaban J connectivity index is 2.79. The smallest absolute Gasteiger partial charge is 0.240 e. The molecule has 1 rings (SSSR count). The first-order valence-electron chi connectivity index (χ1n) is 6.52. The molecule has 0 aliphatic carbocycles. The van der Waals surface area contributed by atoms with E-state index in [4.69, 9.17) is 10.5 Å². The van der Waals surface area contributed by atoms with E-state index in [0.717, 1.165) is 5.75 Å². The first-order valence-corrected chi connectivity index (χ1v) is 6.52. The fraction of sp³-hybridized carbons (Fsp3) is 0.533. The zero-order chi connectivity index (χ0) is 14.6. The van der Waals surface area contributed by atoms with E-state index >= 15 is 0 Å². The minimum Gasteiger partial charge on any atom is -0.491 e. The molecule has 0 heterocycles. The van der Waals surface area contributed by atoms with Crippen molar-refractivity contribution in [1.29, 1.82) is 0 Å². The van der Waals surface area contributed by atoms with Gasteiger partial charge in [-0.05, 0) is 50.1 Å². The lowest BCUT2D eigenvalue weighted by molar-refractivity contribution is -0.124. The van der Waals surface area contributed by atoms with Crippen LogP contribution in [-0.4, -0.2) is 25.1 Å². The number of nitrogens with two attached hydrogens (primary N) is 1. The third kappa shape index (κ3) is 3.70. The van der Waals surface area contributed by atoms with Crippen LogP contribution in [0.4, 0.5) is 0 Å². The number of carbonyl (C=O) groups is 1. The summed E-state index contributed by atoms with van der Waals surface area (Å²) in [6.45, 7) is 8.32. The molecule has 1 aromatic carbocycles. The van der Waals surface area contributed by atoms with Crippen LogP contribution in [0.3, 0.4) is 0 Å². The zero-order valence-electron chi connectivity index (χ0n) is 12.4. The fourth-order valence-corrected chi connectivity index (χ4v) is 1.88. The van der Waals surface area contributed by atoms with E-state index in [1.165, 1.54) is 11.1 Å². The van der Waals surface area contributed by atoms with Crippen LogP contribution >= 0.6 is 0 Å². The van der Waals surface area contributed by atoms with E-state index < -0.39 is 11.4 Å². The summed E-state index contributed by atoms with van der Waals surface area (Å²) in [5, 5.41) is 2.89. The average Bonchev–Trinajstić information content (AvgIpc) is 2.35. The first-order chi connectivity index (χ1) is 8.80. The number of nitrogens with one attached hydrogen (secondary N) is 1. The molecule has 0 saturated carbocycles. The van der Waals surface area contributed by atoms with E-state index in [1.807, 2.05) is 12.1 Å². The van der Waals surface area contributed by atoms with Crippen LogP contribution < -0.4 is 15.8 Å². The van der Waals surface area contributed by atoms with Crippen molar-refractivity contribution >= 4 is 5.91 Å². The number of benzene rings is 1. The Labute approximate surface area is 115 Å². The Hall–Kier alpha value is -1.55. The summed E-state index contributed by atoms with van der Waals surface area (Å²) in [5.74, 6) is 0.817. The number of primary amides is 1. The number of likely N-dealkylation sites (N-methyl/N-ethyl adjacent to an activating group) is 1. The van der Waals surface area contributed by atoms with Gasteiger partial charge in [0, 0.05) is 0 Å². The molecule has 0 aliphatic rings. The van der Waals surface area contributed by atoms with Crippen molar-refractivity contribution in [2.45, 2.75) is 39.2 Å². The highest BCUT2D eigenvalue weighted by Crippen LogP contribution is 2.24. The van der Waals surface area contributed by atoms with Crippen molar-refractivity contribution in [2.24, 2.45) is 5.73 Å². The van der Waals surface area contributed by atoms with Gasteiger partial charge in [-0.1, -0.05) is 19.9 Å². The van der Waals surface area contributed by atoms with Gasteiger partial charge in [-0.2, -0.15) is 0 Å². The van der Waals surface area contributed by atoms with Crippen LogP contribution in [-0.2, 0) is 4.79 Å². The van der Waals surface area contributed by atoms with Crippen LogP contribution in [0.25, 0.3) is 0 Å². The van der Waals surface area contributed by atoms with Gasteiger partial charge in [-0.15, -0.1) is 0 Å². The number of rotatable bonds is 6. The second-order valence-corrected chi connectivity index (χ2v) is 5.41. The maximum Gasteiger partial charge on any atom is 0.240 e. The minimum absolute atomic E-state index is 0.208. The SMILES string of the molecule is CNC(C)(COc1ccc(C(C)C)c(C)c1)C(N)=O. The highest BCUT2D eigenvalue weighted by molar-refractivity contribution is 5.84. The largest absolute Gasteiger partial charge is 0.491 e. The van der Waals surface area contributed by atoms with Crippen molar-refractivity contribution in [3.05, 3.63) is 29.3 Å². The van der Waals surface area contributed by atoms with Crippen LogP contribution in [0, 0.1) is 6.92 Å². The lowest BCUT2D eigenvalue weighted by atomic mass is 9.98. The molecule has 0 aliphatic heterocycles. The molecule has 0 fully saturated rings. The molecule has 0 saturated heterocycles. The number of aryl methyl sites for hydroxylation is 1. The van der Waals surface area contributed by atoms with Crippen molar-refractivity contribution in [2.75, 3.05) is 13.7 Å². The summed E-state index contributed by atoms with van der Waals surface area (Å²) in [6.07, 6.45) is 0. The van der Waals surface area contributed by atoms with Crippen molar-refractivity contribution in [3.8, 4) is 5.75 Å². The van der Waals surface area contributed by atoms with Crippen molar-refractivity contribution in [1.82, 2.24) is 5.32 Å². The fourth-order valence-electron chi connectivity index (χ4n) is 1.88. The predicted molar refractivity (Wildman–Crippen MR) is 77.4 cm³/mol. The molecule has 1 aromatic rings. The van der Waals surface area contributed by atoms with Crippen molar-refractivity contribution < 1.29 is 9.53 Å². The number of amides is 1. The molecule has 106 valence electrons. The molecule has 0 radical (unpaired) electrons. The molecule has 4 heteroatoms. The summed E-state index contributed by atoms with van der Waals surface area (Å²) in [4.78, 5) is 11.4. The standard InChI is InChI=1S/C15H24N2O2/c1-10(2)13-7-6-12(8-11(13)3)19-9-15(4,17-5)14(16)18/h6-8,10,17H,9H2,1-5H3,(H2,16,18). The zero-order valence-corrected chi connectivity index (χ0v) is 12.4. The van der Waals surface area contributed by atoms with Gasteiger partial charge in [0.2, 0.25) is 5.91 Å². The summed E-state index contributed by atoms with van der Waals surface area (Å²) in [7, 11) is 1.70. The van der Waals surface area contributed by atoms with Gasteiger partial charge < -0.3 is 15.8 Å². The molecule has 3 N–H and O–H groups in total. The summed E-state index contributed by atoms with van der Waals surface area (Å²) >= 11 is 0. The minimum atomic E-state index is -0.857. The first kappa shape index (κ1) is 15.5. The Bertz CT molecular complexity index is 457. The van der Waals surface area contributed by atoms with Gasteiger partial charge in [-0.3, -0.25) is 4.79 Å². The number of hydrogen-bond donors (Lipinski definition) is 2. The van der Waals surface area contributed by atoms with Gasteiger partial charge in [0.05, 0.1) is 0 Å². The topological polar surface area (TPSA) is 64.3 Å². The molecule has 1 atom stereocenters. The monoisotopic (exact) mass is 264 g/mol. The lowest BCUT2D eigenvalue weighted by Crippen LogP contribution is -2.55.